The number of nitrogens with zero attached hydrogens (tertiary/aromatic N) is 2. The minimum Gasteiger partial charge on any atom is -0.268 e. The van der Waals surface area contributed by atoms with E-state index in [1.54, 1.807) is 0 Å². The summed E-state index contributed by atoms with van der Waals surface area (Å²) >= 11 is 0. The zero-order chi connectivity index (χ0) is 14.0. The van der Waals surface area contributed by atoms with Crippen molar-refractivity contribution in [3.63, 3.8) is 0 Å². The Morgan fingerprint density at radius 1 is 1.21 bits per heavy atom. The molecule has 1 aromatic carbocycles. The van der Waals surface area contributed by atoms with Gasteiger partial charge >= 0.3 is 0 Å². The molecular formula is C15H15N3O. The summed E-state index contributed by atoms with van der Waals surface area (Å²) in [7, 11) is 0. The lowest BCUT2D eigenvalue weighted by atomic mass is 9.86. The highest BCUT2D eigenvalue weighted by molar-refractivity contribution is 5.66. The third-order valence-corrected chi connectivity index (χ3v) is 2.95. The molecule has 4 heteroatoms. The Bertz CT molecular complexity index is 685. The molecule has 1 N–H and O–H groups in total. The topological polar surface area (TPSA) is 69.5 Å². The van der Waals surface area contributed by atoms with Gasteiger partial charge in [-0.25, -0.2) is 5.10 Å². The maximum Gasteiger partial charge on any atom is 0.265 e. The summed E-state index contributed by atoms with van der Waals surface area (Å²) in [4.78, 5) is 11.1. The van der Waals surface area contributed by atoms with Gasteiger partial charge in [0.2, 0.25) is 0 Å². The standard InChI is InChI=1S/C15H15N3O/c1-15(2,3)12-6-4-10(5-7-12)14-11(9-16)8-13(19)17-18-14/h4-8H,1-3H3,(H,17,19). The van der Waals surface area contributed by atoms with Crippen LogP contribution >= 0.6 is 0 Å². The zero-order valence-electron chi connectivity index (χ0n) is 11.2. The molecule has 0 aliphatic carbocycles. The molecule has 4 nitrogen and oxygen atoms in total. The monoisotopic (exact) mass is 253 g/mol. The highest BCUT2D eigenvalue weighted by Gasteiger charge is 2.14. The van der Waals surface area contributed by atoms with E-state index in [-0.39, 0.29) is 16.5 Å². The number of aromatic amines is 1. The maximum atomic E-state index is 11.1. The van der Waals surface area contributed by atoms with Crippen molar-refractivity contribution in [2.45, 2.75) is 26.2 Å². The third kappa shape index (κ3) is 2.71. The van der Waals surface area contributed by atoms with Gasteiger partial charge in [0.1, 0.15) is 11.8 Å². The molecule has 0 amide bonds. The van der Waals surface area contributed by atoms with Gasteiger partial charge in [0.25, 0.3) is 5.56 Å². The Morgan fingerprint density at radius 2 is 1.84 bits per heavy atom. The molecule has 19 heavy (non-hydrogen) atoms. The van der Waals surface area contributed by atoms with Gasteiger partial charge in [0, 0.05) is 11.6 Å². The summed E-state index contributed by atoms with van der Waals surface area (Å²) in [6, 6.07) is 11.1. The first-order chi connectivity index (χ1) is 8.91. The molecule has 0 atom stereocenters. The second-order valence-electron chi connectivity index (χ2n) is 5.43. The van der Waals surface area contributed by atoms with Gasteiger partial charge in [-0.1, -0.05) is 45.0 Å². The van der Waals surface area contributed by atoms with Crippen LogP contribution in [-0.2, 0) is 5.41 Å². The van der Waals surface area contributed by atoms with Gasteiger partial charge in [0.15, 0.2) is 0 Å². The lowest BCUT2D eigenvalue weighted by Gasteiger charge is -2.19. The van der Waals surface area contributed by atoms with Crippen LogP contribution in [0.2, 0.25) is 0 Å². The number of hydrogen-bond acceptors (Lipinski definition) is 3. The van der Waals surface area contributed by atoms with E-state index in [0.717, 1.165) is 5.56 Å². The van der Waals surface area contributed by atoms with Crippen LogP contribution in [0.25, 0.3) is 11.3 Å². The largest absolute Gasteiger partial charge is 0.268 e. The number of hydrogen-bond donors (Lipinski definition) is 1. The van der Waals surface area contributed by atoms with Gasteiger partial charge in [-0.3, -0.25) is 4.79 Å². The van der Waals surface area contributed by atoms with Crippen LogP contribution in [0.5, 0.6) is 0 Å². The quantitative estimate of drug-likeness (QED) is 0.849. The lowest BCUT2D eigenvalue weighted by Crippen LogP contribution is -2.11. The van der Waals surface area contributed by atoms with Gasteiger partial charge < -0.3 is 0 Å². The fourth-order valence-electron chi connectivity index (χ4n) is 1.84. The van der Waals surface area contributed by atoms with Crippen LogP contribution in [0.3, 0.4) is 0 Å². The first kappa shape index (κ1) is 13.0. The van der Waals surface area contributed by atoms with Crippen molar-refractivity contribution in [3.8, 4) is 17.3 Å². The van der Waals surface area contributed by atoms with Gasteiger partial charge in [-0.15, -0.1) is 0 Å². The average molecular weight is 253 g/mol. The van der Waals surface area contributed by atoms with E-state index in [1.165, 1.54) is 11.6 Å². The predicted molar refractivity (Wildman–Crippen MR) is 73.7 cm³/mol. The highest BCUT2D eigenvalue weighted by Crippen LogP contribution is 2.25. The third-order valence-electron chi connectivity index (χ3n) is 2.95. The molecule has 0 aliphatic rings. The van der Waals surface area contributed by atoms with Crippen molar-refractivity contribution in [3.05, 3.63) is 51.8 Å². The Hall–Kier alpha value is -2.41. The minimum absolute atomic E-state index is 0.0784. The minimum atomic E-state index is -0.369. The first-order valence-corrected chi connectivity index (χ1v) is 6.02. The van der Waals surface area contributed by atoms with Crippen molar-refractivity contribution in [2.24, 2.45) is 0 Å². The fraction of sp³-hybridized carbons (Fsp3) is 0.267. The van der Waals surface area contributed by atoms with E-state index < -0.39 is 0 Å². The molecular weight excluding hydrogens is 238 g/mol. The van der Waals surface area contributed by atoms with E-state index in [1.807, 2.05) is 30.3 Å². The Balaban J connectivity index is 2.50. The molecule has 1 heterocycles. The predicted octanol–water partition coefficient (Wildman–Crippen LogP) is 2.61. The number of rotatable bonds is 1. The van der Waals surface area contributed by atoms with Crippen LogP contribution in [0.1, 0.15) is 31.9 Å². The summed E-state index contributed by atoms with van der Waals surface area (Å²) in [5.41, 5.74) is 2.52. The number of nitrogens with one attached hydrogen (secondary N) is 1. The van der Waals surface area contributed by atoms with Gasteiger partial charge in [0.05, 0.1) is 5.56 Å². The molecule has 0 radical (unpaired) electrons. The van der Waals surface area contributed by atoms with Crippen LogP contribution in [0.4, 0.5) is 0 Å². The van der Waals surface area contributed by atoms with E-state index in [4.69, 9.17) is 5.26 Å². The second kappa shape index (κ2) is 4.69. The molecule has 1 aromatic heterocycles. The molecule has 0 aliphatic heterocycles. The molecule has 0 unspecified atom stereocenters. The Morgan fingerprint density at radius 3 is 2.37 bits per heavy atom. The first-order valence-electron chi connectivity index (χ1n) is 6.02. The second-order valence-corrected chi connectivity index (χ2v) is 5.43. The molecule has 0 bridgehead atoms. The molecule has 0 saturated heterocycles. The van der Waals surface area contributed by atoms with E-state index in [2.05, 4.69) is 31.0 Å². The van der Waals surface area contributed by atoms with Crippen molar-refractivity contribution < 1.29 is 0 Å². The SMILES string of the molecule is CC(C)(C)c1ccc(-c2n[nH]c(=O)cc2C#N)cc1. The van der Waals surface area contributed by atoms with Crippen LogP contribution < -0.4 is 5.56 Å². The summed E-state index contributed by atoms with van der Waals surface area (Å²) in [5.74, 6) is 0. The summed E-state index contributed by atoms with van der Waals surface area (Å²) in [6.07, 6.45) is 0. The van der Waals surface area contributed by atoms with E-state index in [9.17, 15) is 4.79 Å². The van der Waals surface area contributed by atoms with E-state index >= 15 is 0 Å². The van der Waals surface area contributed by atoms with Crippen molar-refractivity contribution in [1.82, 2.24) is 10.2 Å². The number of nitriles is 1. The van der Waals surface area contributed by atoms with Crippen LogP contribution in [0.15, 0.2) is 35.1 Å². The molecule has 0 fully saturated rings. The number of H-pyrrole nitrogens is 1. The normalized spacial score (nSPS) is 11.1. The van der Waals surface area contributed by atoms with Crippen LogP contribution in [-0.4, -0.2) is 10.2 Å². The summed E-state index contributed by atoms with van der Waals surface area (Å²) < 4.78 is 0. The molecule has 0 spiro atoms. The summed E-state index contributed by atoms with van der Waals surface area (Å²) in [6.45, 7) is 6.42. The number of aromatic nitrogens is 2. The smallest absolute Gasteiger partial charge is 0.265 e. The Labute approximate surface area is 111 Å². The highest BCUT2D eigenvalue weighted by atomic mass is 16.1. The van der Waals surface area contributed by atoms with E-state index in [0.29, 0.717) is 5.69 Å². The molecule has 96 valence electrons. The lowest BCUT2D eigenvalue weighted by molar-refractivity contribution is 0.590. The maximum absolute atomic E-state index is 11.1. The zero-order valence-corrected chi connectivity index (χ0v) is 11.2. The molecule has 2 rings (SSSR count). The summed E-state index contributed by atoms with van der Waals surface area (Å²) in [5, 5.41) is 15.4. The van der Waals surface area contributed by atoms with Gasteiger partial charge in [-0.05, 0) is 11.0 Å². The fourth-order valence-corrected chi connectivity index (χ4v) is 1.84. The Kier molecular flexibility index (Phi) is 3.22. The number of benzene rings is 1. The van der Waals surface area contributed by atoms with Crippen molar-refractivity contribution >= 4 is 0 Å². The molecule has 0 saturated carbocycles. The molecule has 2 aromatic rings. The van der Waals surface area contributed by atoms with Crippen LogP contribution in [0, 0.1) is 11.3 Å². The van der Waals surface area contributed by atoms with Crippen molar-refractivity contribution in [1.29, 1.82) is 5.26 Å². The average Bonchev–Trinajstić information content (AvgIpc) is 2.37. The van der Waals surface area contributed by atoms with Crippen molar-refractivity contribution in [2.75, 3.05) is 0 Å². The van der Waals surface area contributed by atoms with Gasteiger partial charge in [-0.2, -0.15) is 10.4 Å².